The van der Waals surface area contributed by atoms with E-state index in [-0.39, 0.29) is 24.8 Å². The van der Waals surface area contributed by atoms with Crippen LogP contribution < -0.4 is 10.5 Å². The van der Waals surface area contributed by atoms with Crippen LogP contribution in [-0.2, 0) is 0 Å². The number of halogens is 3. The highest BCUT2D eigenvalue weighted by atomic mass is 35.5. The molecule has 0 radical (unpaired) electrons. The Morgan fingerprint density at radius 1 is 1.38 bits per heavy atom. The molecule has 76 valence electrons. The predicted octanol–water partition coefficient (Wildman–Crippen LogP) is 1.92. The zero-order valence-electron chi connectivity index (χ0n) is 6.77. The van der Waals surface area contributed by atoms with E-state index in [0.29, 0.717) is 24.1 Å². The highest BCUT2D eigenvalue weighted by molar-refractivity contribution is 6.29. The smallest absolute Gasteiger partial charge is 0.137 e. The lowest BCUT2D eigenvalue weighted by Gasteiger charge is -2.02. The number of aromatic nitrogens is 1. The van der Waals surface area contributed by atoms with Crippen LogP contribution in [0.3, 0.4) is 0 Å². The summed E-state index contributed by atoms with van der Waals surface area (Å²) in [6.45, 7) is 1.01. The predicted molar refractivity (Wildman–Crippen MR) is 58.3 cm³/mol. The Morgan fingerprint density at radius 2 is 2.08 bits per heavy atom. The van der Waals surface area contributed by atoms with Crippen molar-refractivity contribution in [1.29, 1.82) is 0 Å². The number of ether oxygens (including phenoxy) is 1. The number of nitrogens with zero attached hydrogens (tertiary/aromatic N) is 1. The third kappa shape index (κ3) is 5.93. The van der Waals surface area contributed by atoms with Crippen LogP contribution in [-0.4, -0.2) is 18.1 Å². The van der Waals surface area contributed by atoms with Gasteiger partial charge in [-0.25, -0.2) is 4.98 Å². The zero-order chi connectivity index (χ0) is 8.10. The van der Waals surface area contributed by atoms with Crippen LogP contribution in [0, 0.1) is 0 Å². The van der Waals surface area contributed by atoms with Gasteiger partial charge in [-0.15, -0.1) is 24.8 Å². The van der Waals surface area contributed by atoms with E-state index in [1.54, 1.807) is 18.3 Å². The Bertz CT molecular complexity index is 217. The highest BCUT2D eigenvalue weighted by Gasteiger charge is 1.92. The molecule has 0 saturated heterocycles. The molecule has 0 aliphatic carbocycles. The van der Waals surface area contributed by atoms with E-state index in [2.05, 4.69) is 4.98 Å². The summed E-state index contributed by atoms with van der Waals surface area (Å²) in [6.07, 6.45) is 1.57. The van der Waals surface area contributed by atoms with Crippen LogP contribution in [0.5, 0.6) is 5.75 Å². The fraction of sp³-hybridized carbons (Fsp3) is 0.286. The first kappa shape index (κ1) is 15.3. The summed E-state index contributed by atoms with van der Waals surface area (Å²) in [5, 5.41) is 0.463. The van der Waals surface area contributed by atoms with Crippen LogP contribution in [0.1, 0.15) is 0 Å². The van der Waals surface area contributed by atoms with Gasteiger partial charge in [-0.1, -0.05) is 11.6 Å². The quantitative estimate of drug-likeness (QED) is 0.828. The van der Waals surface area contributed by atoms with Crippen molar-refractivity contribution in [1.82, 2.24) is 4.98 Å². The second-order valence-electron chi connectivity index (χ2n) is 1.95. The normalized spacial score (nSPS) is 8.15. The third-order valence-electron chi connectivity index (χ3n) is 1.09. The molecule has 2 N–H and O–H groups in total. The van der Waals surface area contributed by atoms with Gasteiger partial charge in [-0.3, -0.25) is 0 Å². The summed E-state index contributed by atoms with van der Waals surface area (Å²) in [7, 11) is 0. The van der Waals surface area contributed by atoms with E-state index in [0.717, 1.165) is 0 Å². The first-order valence-electron chi connectivity index (χ1n) is 3.27. The van der Waals surface area contributed by atoms with Crippen LogP contribution in [0.2, 0.25) is 5.15 Å². The van der Waals surface area contributed by atoms with Gasteiger partial charge in [0.15, 0.2) is 0 Å². The fourth-order valence-electron chi connectivity index (χ4n) is 0.624. The molecule has 13 heavy (non-hydrogen) atoms. The molecule has 1 aromatic rings. The van der Waals surface area contributed by atoms with E-state index in [1.807, 2.05) is 0 Å². The van der Waals surface area contributed by atoms with Gasteiger partial charge in [-0.05, 0) is 12.1 Å². The molecule has 3 nitrogen and oxygen atoms in total. The molecule has 6 heteroatoms. The van der Waals surface area contributed by atoms with Crippen molar-refractivity contribution in [2.24, 2.45) is 5.73 Å². The minimum Gasteiger partial charge on any atom is -0.491 e. The SMILES string of the molecule is Cl.Cl.NCCOc1ccc(Cl)nc1. The molecule has 0 fully saturated rings. The summed E-state index contributed by atoms with van der Waals surface area (Å²) in [5.74, 6) is 0.694. The molecule has 0 aliphatic rings. The largest absolute Gasteiger partial charge is 0.491 e. The molecule has 0 spiro atoms. The summed E-state index contributed by atoms with van der Waals surface area (Å²) in [5.41, 5.74) is 5.23. The highest BCUT2D eigenvalue weighted by Crippen LogP contribution is 2.11. The van der Waals surface area contributed by atoms with Crippen molar-refractivity contribution in [3.63, 3.8) is 0 Å². The molecular formula is C7H11Cl3N2O. The van der Waals surface area contributed by atoms with E-state index in [1.165, 1.54) is 0 Å². The van der Waals surface area contributed by atoms with Gasteiger partial charge < -0.3 is 10.5 Å². The van der Waals surface area contributed by atoms with Crippen molar-refractivity contribution in [3.8, 4) is 5.75 Å². The Kier molecular flexibility index (Phi) is 9.84. The topological polar surface area (TPSA) is 48.1 Å². The monoisotopic (exact) mass is 244 g/mol. The lowest BCUT2D eigenvalue weighted by atomic mass is 10.5. The molecule has 1 aromatic heterocycles. The summed E-state index contributed by atoms with van der Waals surface area (Å²) in [4.78, 5) is 3.83. The average molecular weight is 246 g/mol. The second kappa shape index (κ2) is 8.38. The Balaban J connectivity index is 0. The lowest BCUT2D eigenvalue weighted by molar-refractivity contribution is 0.327. The first-order valence-corrected chi connectivity index (χ1v) is 3.65. The van der Waals surface area contributed by atoms with Crippen molar-refractivity contribution in [2.75, 3.05) is 13.2 Å². The van der Waals surface area contributed by atoms with E-state index in [9.17, 15) is 0 Å². The maximum absolute atomic E-state index is 5.55. The first-order chi connectivity index (χ1) is 5.33. The van der Waals surface area contributed by atoms with Crippen molar-refractivity contribution < 1.29 is 4.74 Å². The molecule has 0 bridgehead atoms. The van der Waals surface area contributed by atoms with Gasteiger partial charge in [0, 0.05) is 6.54 Å². The molecule has 0 aromatic carbocycles. The van der Waals surface area contributed by atoms with Crippen LogP contribution in [0.4, 0.5) is 0 Å². The molecule has 0 atom stereocenters. The number of nitrogens with two attached hydrogens (primary N) is 1. The zero-order valence-corrected chi connectivity index (χ0v) is 9.16. The van der Waals surface area contributed by atoms with E-state index >= 15 is 0 Å². The molecule has 0 unspecified atom stereocenters. The fourth-order valence-corrected chi connectivity index (χ4v) is 0.736. The van der Waals surface area contributed by atoms with Crippen LogP contribution in [0.25, 0.3) is 0 Å². The molecule has 0 saturated carbocycles. The summed E-state index contributed by atoms with van der Waals surface area (Å²) < 4.78 is 5.16. The van der Waals surface area contributed by atoms with Crippen molar-refractivity contribution in [3.05, 3.63) is 23.5 Å². The Hall–Kier alpha value is -0.220. The summed E-state index contributed by atoms with van der Waals surface area (Å²) >= 11 is 5.55. The third-order valence-corrected chi connectivity index (χ3v) is 1.31. The number of hydrogen-bond donors (Lipinski definition) is 1. The maximum atomic E-state index is 5.55. The van der Waals surface area contributed by atoms with Gasteiger partial charge in [0.25, 0.3) is 0 Å². The number of rotatable bonds is 3. The van der Waals surface area contributed by atoms with Gasteiger partial charge in [0.05, 0.1) is 6.20 Å². The van der Waals surface area contributed by atoms with Gasteiger partial charge in [0.2, 0.25) is 0 Å². The summed E-state index contributed by atoms with van der Waals surface area (Å²) in [6, 6.07) is 3.43. The number of hydrogen-bond acceptors (Lipinski definition) is 3. The van der Waals surface area contributed by atoms with Crippen molar-refractivity contribution in [2.45, 2.75) is 0 Å². The molecule has 0 amide bonds. The minimum absolute atomic E-state index is 0. The molecule has 0 aliphatic heterocycles. The lowest BCUT2D eigenvalue weighted by Crippen LogP contribution is -2.10. The van der Waals surface area contributed by atoms with Gasteiger partial charge >= 0.3 is 0 Å². The van der Waals surface area contributed by atoms with Crippen LogP contribution >= 0.6 is 36.4 Å². The molecule has 1 rings (SSSR count). The standard InChI is InChI=1S/C7H9ClN2O.2ClH/c8-7-2-1-6(5-10-7)11-4-3-9;;/h1-2,5H,3-4,9H2;2*1H. The molecular weight excluding hydrogens is 234 g/mol. The number of pyridine rings is 1. The Morgan fingerprint density at radius 3 is 2.54 bits per heavy atom. The van der Waals surface area contributed by atoms with E-state index in [4.69, 9.17) is 22.1 Å². The second-order valence-corrected chi connectivity index (χ2v) is 2.34. The van der Waals surface area contributed by atoms with Gasteiger partial charge in [0.1, 0.15) is 17.5 Å². The van der Waals surface area contributed by atoms with Gasteiger partial charge in [-0.2, -0.15) is 0 Å². The Labute approximate surface area is 94.4 Å². The maximum Gasteiger partial charge on any atom is 0.137 e. The average Bonchev–Trinajstić information content (AvgIpc) is 2.04. The van der Waals surface area contributed by atoms with Crippen molar-refractivity contribution >= 4 is 36.4 Å². The minimum atomic E-state index is 0. The molecule has 1 heterocycles. The van der Waals surface area contributed by atoms with Crippen LogP contribution in [0.15, 0.2) is 18.3 Å². The van der Waals surface area contributed by atoms with E-state index < -0.39 is 0 Å².